The average Bonchev–Trinajstić information content (AvgIpc) is 2.37. The second-order valence-electron chi connectivity index (χ2n) is 6.83. The van der Waals surface area contributed by atoms with Crippen molar-refractivity contribution in [1.82, 2.24) is 0 Å². The monoisotopic (exact) mass is 267 g/mol. The highest BCUT2D eigenvalue weighted by Crippen LogP contribution is 2.38. The van der Waals surface area contributed by atoms with Gasteiger partial charge in [0, 0.05) is 11.6 Å². The number of hydrogen-bond donors (Lipinski definition) is 1. The molecular weight excluding hydrogens is 244 g/mol. The fourth-order valence-electron chi connectivity index (χ4n) is 3.05. The first-order chi connectivity index (χ1) is 8.78. The van der Waals surface area contributed by atoms with Gasteiger partial charge in [0.15, 0.2) is 0 Å². The van der Waals surface area contributed by atoms with Gasteiger partial charge in [-0.3, -0.25) is 0 Å². The molecule has 0 aromatic heterocycles. The fraction of sp³-hybridized carbons (Fsp3) is 0.625. The van der Waals surface area contributed by atoms with Gasteiger partial charge >= 0.3 is 0 Å². The Morgan fingerprint density at radius 2 is 1.63 bits per heavy atom. The van der Waals surface area contributed by atoms with Crippen molar-refractivity contribution in [2.24, 2.45) is 11.1 Å². The molecule has 1 saturated carbocycles. The number of rotatable bonds is 2. The maximum atomic E-state index is 13.2. The van der Waals surface area contributed by atoms with Crippen molar-refractivity contribution >= 4 is 0 Å². The Morgan fingerprint density at radius 3 is 2.26 bits per heavy atom. The van der Waals surface area contributed by atoms with Crippen molar-refractivity contribution in [3.63, 3.8) is 0 Å². The average molecular weight is 267 g/mol. The first-order valence-electron chi connectivity index (χ1n) is 7.02. The van der Waals surface area contributed by atoms with Crippen LogP contribution in [-0.2, 0) is 6.42 Å². The summed E-state index contributed by atoms with van der Waals surface area (Å²) in [6.07, 6.45) is 5.72. The van der Waals surface area contributed by atoms with Crippen molar-refractivity contribution in [3.05, 3.63) is 35.4 Å². The molecule has 0 bridgehead atoms. The largest absolute Gasteiger partial charge is 0.325 e. The van der Waals surface area contributed by atoms with Crippen LogP contribution in [0.2, 0.25) is 0 Å². The van der Waals surface area contributed by atoms with E-state index in [1.807, 2.05) is 0 Å². The zero-order chi connectivity index (χ0) is 14.1. The summed E-state index contributed by atoms with van der Waals surface area (Å²) in [7, 11) is 0. The van der Waals surface area contributed by atoms with E-state index in [0.29, 0.717) is 17.4 Å². The van der Waals surface area contributed by atoms with Crippen LogP contribution in [0, 0.1) is 17.0 Å². The van der Waals surface area contributed by atoms with Gasteiger partial charge in [0.25, 0.3) is 0 Å². The third-order valence-electron chi connectivity index (χ3n) is 4.31. The van der Waals surface area contributed by atoms with Crippen LogP contribution in [0.4, 0.5) is 8.78 Å². The minimum Gasteiger partial charge on any atom is -0.325 e. The highest BCUT2D eigenvalue weighted by atomic mass is 19.1. The second-order valence-corrected chi connectivity index (χ2v) is 6.83. The predicted molar refractivity (Wildman–Crippen MR) is 73.8 cm³/mol. The predicted octanol–water partition coefficient (Wildman–Crippen LogP) is 4.20. The summed E-state index contributed by atoms with van der Waals surface area (Å²) in [6, 6.07) is 3.70. The van der Waals surface area contributed by atoms with Gasteiger partial charge in [-0.25, -0.2) is 8.78 Å². The minimum atomic E-state index is -0.521. The number of hydrogen-bond acceptors (Lipinski definition) is 1. The highest BCUT2D eigenvalue weighted by Gasteiger charge is 2.32. The Kier molecular flexibility index (Phi) is 3.95. The third-order valence-corrected chi connectivity index (χ3v) is 4.31. The minimum absolute atomic E-state index is 0.325. The van der Waals surface area contributed by atoms with Crippen molar-refractivity contribution < 1.29 is 8.78 Å². The molecule has 0 heterocycles. The zero-order valence-corrected chi connectivity index (χ0v) is 11.8. The van der Waals surface area contributed by atoms with Crippen LogP contribution in [0.15, 0.2) is 18.2 Å². The van der Waals surface area contributed by atoms with Crippen LogP contribution >= 0.6 is 0 Å². The second kappa shape index (κ2) is 5.20. The van der Waals surface area contributed by atoms with Crippen LogP contribution in [0.5, 0.6) is 0 Å². The molecule has 0 aliphatic heterocycles. The van der Waals surface area contributed by atoms with E-state index in [1.165, 1.54) is 18.6 Å². The van der Waals surface area contributed by atoms with E-state index >= 15 is 0 Å². The van der Waals surface area contributed by atoms with Crippen LogP contribution in [0.1, 0.15) is 51.5 Å². The van der Waals surface area contributed by atoms with E-state index in [-0.39, 0.29) is 5.54 Å². The first-order valence-corrected chi connectivity index (χ1v) is 7.02. The van der Waals surface area contributed by atoms with Gasteiger partial charge in [-0.2, -0.15) is 0 Å². The molecule has 1 nitrogen and oxygen atoms in total. The number of halogens is 2. The smallest absolute Gasteiger partial charge is 0.126 e. The molecule has 1 unspecified atom stereocenters. The summed E-state index contributed by atoms with van der Waals surface area (Å²) in [5, 5.41) is 0. The molecule has 0 saturated heterocycles. The molecule has 0 spiro atoms. The van der Waals surface area contributed by atoms with Crippen LogP contribution in [-0.4, -0.2) is 5.54 Å². The van der Waals surface area contributed by atoms with Gasteiger partial charge in [0.2, 0.25) is 0 Å². The van der Waals surface area contributed by atoms with Crippen molar-refractivity contribution in [3.8, 4) is 0 Å². The molecule has 19 heavy (non-hydrogen) atoms. The van der Waals surface area contributed by atoms with Gasteiger partial charge in [-0.15, -0.1) is 0 Å². The van der Waals surface area contributed by atoms with E-state index in [1.54, 1.807) is 0 Å². The first kappa shape index (κ1) is 14.4. The van der Waals surface area contributed by atoms with Crippen LogP contribution < -0.4 is 5.73 Å². The molecule has 0 amide bonds. The summed E-state index contributed by atoms with van der Waals surface area (Å²) in [4.78, 5) is 0. The molecule has 1 aromatic rings. The van der Waals surface area contributed by atoms with Crippen molar-refractivity contribution in [1.29, 1.82) is 0 Å². The third kappa shape index (κ3) is 4.00. The highest BCUT2D eigenvalue weighted by molar-refractivity contribution is 5.20. The summed E-state index contributed by atoms with van der Waals surface area (Å²) in [6.45, 7) is 4.53. The molecule has 0 radical (unpaired) electrons. The SMILES string of the molecule is CC1(C)CCCC(N)(Cc2cc(F)cc(F)c2)CC1. The standard InChI is InChI=1S/C16H23F2N/c1-15(2)4-3-5-16(19,7-6-15)11-12-8-13(17)10-14(18)9-12/h8-10H,3-7,11,19H2,1-2H3. The lowest BCUT2D eigenvalue weighted by atomic mass is 9.81. The fourth-order valence-corrected chi connectivity index (χ4v) is 3.05. The Labute approximate surface area is 114 Å². The summed E-state index contributed by atoms with van der Waals surface area (Å²) in [5.41, 5.74) is 7.14. The number of benzene rings is 1. The molecule has 106 valence electrons. The Balaban J connectivity index is 2.12. The molecule has 3 heteroatoms. The van der Waals surface area contributed by atoms with E-state index < -0.39 is 11.6 Å². The molecule has 1 fully saturated rings. The Hall–Kier alpha value is -0.960. The molecule has 1 aromatic carbocycles. The normalized spacial score (nSPS) is 27.0. The van der Waals surface area contributed by atoms with Gasteiger partial charge < -0.3 is 5.73 Å². The Morgan fingerprint density at radius 1 is 1.00 bits per heavy atom. The molecule has 1 aliphatic rings. The lowest BCUT2D eigenvalue weighted by Crippen LogP contribution is -2.41. The molecule has 2 N–H and O–H groups in total. The van der Waals surface area contributed by atoms with Crippen molar-refractivity contribution in [2.45, 2.75) is 57.9 Å². The molecular formula is C16H23F2N. The van der Waals surface area contributed by atoms with E-state index in [4.69, 9.17) is 5.73 Å². The summed E-state index contributed by atoms with van der Waals surface area (Å²) >= 11 is 0. The Bertz CT molecular complexity index is 436. The topological polar surface area (TPSA) is 26.0 Å². The van der Waals surface area contributed by atoms with Gasteiger partial charge in [0.1, 0.15) is 11.6 Å². The molecule has 1 aliphatic carbocycles. The zero-order valence-electron chi connectivity index (χ0n) is 11.8. The quantitative estimate of drug-likeness (QED) is 0.799. The maximum absolute atomic E-state index is 13.2. The summed E-state index contributed by atoms with van der Waals surface area (Å²) < 4.78 is 26.5. The lowest BCUT2D eigenvalue weighted by Gasteiger charge is -2.29. The van der Waals surface area contributed by atoms with E-state index in [9.17, 15) is 8.78 Å². The molecule has 1 atom stereocenters. The van der Waals surface area contributed by atoms with E-state index in [2.05, 4.69) is 13.8 Å². The van der Waals surface area contributed by atoms with Gasteiger partial charge in [-0.05, 0) is 55.2 Å². The maximum Gasteiger partial charge on any atom is 0.126 e. The lowest BCUT2D eigenvalue weighted by molar-refractivity contribution is 0.297. The molecule has 2 rings (SSSR count). The van der Waals surface area contributed by atoms with Crippen LogP contribution in [0.25, 0.3) is 0 Å². The van der Waals surface area contributed by atoms with E-state index in [0.717, 1.165) is 31.7 Å². The summed E-state index contributed by atoms with van der Waals surface area (Å²) in [5.74, 6) is -1.04. The van der Waals surface area contributed by atoms with Crippen molar-refractivity contribution in [2.75, 3.05) is 0 Å². The van der Waals surface area contributed by atoms with Gasteiger partial charge in [0.05, 0.1) is 0 Å². The number of nitrogens with two attached hydrogens (primary N) is 1. The van der Waals surface area contributed by atoms with Gasteiger partial charge in [-0.1, -0.05) is 20.3 Å². The van der Waals surface area contributed by atoms with Crippen LogP contribution in [0.3, 0.4) is 0 Å².